The molecule has 0 amide bonds. The molecule has 3 rings (SSSR count). The van der Waals surface area contributed by atoms with Gasteiger partial charge in [0.25, 0.3) is 0 Å². The second kappa shape index (κ2) is 11.9. The molecule has 0 unspecified atom stereocenters. The van der Waals surface area contributed by atoms with Crippen molar-refractivity contribution in [3.8, 4) is 0 Å². The van der Waals surface area contributed by atoms with E-state index >= 15 is 0 Å². The fourth-order valence-corrected chi connectivity index (χ4v) is 3.70. The van der Waals surface area contributed by atoms with E-state index in [0.717, 1.165) is 44.3 Å². The lowest BCUT2D eigenvalue weighted by Crippen LogP contribution is -2.40. The number of imidazole rings is 1. The molecule has 7 heteroatoms. The van der Waals surface area contributed by atoms with Crippen molar-refractivity contribution in [2.45, 2.75) is 19.4 Å². The minimum atomic E-state index is 0. The third-order valence-electron chi connectivity index (χ3n) is 4.48. The molecule has 3 aromatic rings. The van der Waals surface area contributed by atoms with Gasteiger partial charge < -0.3 is 14.8 Å². The number of aliphatic imine (C=N–C) groups is 1. The molecule has 0 radical (unpaired) electrons. The Morgan fingerprint density at radius 2 is 2.00 bits per heavy atom. The summed E-state index contributed by atoms with van der Waals surface area (Å²) in [6.07, 6.45) is 5.82. The molecule has 150 valence electrons. The van der Waals surface area contributed by atoms with Crippen LogP contribution in [0.5, 0.6) is 0 Å². The molecule has 0 fully saturated rings. The van der Waals surface area contributed by atoms with Gasteiger partial charge in [0.2, 0.25) is 0 Å². The normalized spacial score (nSPS) is 11.1. The van der Waals surface area contributed by atoms with Gasteiger partial charge in [0, 0.05) is 57.4 Å². The van der Waals surface area contributed by atoms with Gasteiger partial charge in [-0.1, -0.05) is 36.4 Å². The maximum Gasteiger partial charge on any atom is 0.193 e. The minimum Gasteiger partial charge on any atom is -0.356 e. The van der Waals surface area contributed by atoms with Gasteiger partial charge in [-0.3, -0.25) is 4.99 Å². The number of thiophene rings is 1. The summed E-state index contributed by atoms with van der Waals surface area (Å²) in [5, 5.41) is 5.58. The molecule has 0 aliphatic carbocycles. The molecule has 0 spiro atoms. The van der Waals surface area contributed by atoms with Gasteiger partial charge in [-0.25, -0.2) is 4.98 Å². The first-order chi connectivity index (χ1) is 13.3. The predicted molar refractivity (Wildman–Crippen MR) is 129 cm³/mol. The fraction of sp³-hybridized carbons (Fsp3) is 0.333. The monoisotopic (exact) mass is 509 g/mol. The van der Waals surface area contributed by atoms with Crippen molar-refractivity contribution in [3.05, 3.63) is 76.5 Å². The number of rotatable bonds is 8. The SMILES string of the molecule is CN=C(NCCc1nccn1Cc1ccccc1)N(C)CCc1cccs1.I. The Balaban J connectivity index is 0.00000280. The molecule has 0 atom stereocenters. The number of halogens is 1. The highest BCUT2D eigenvalue weighted by Crippen LogP contribution is 2.09. The van der Waals surface area contributed by atoms with Crippen LogP contribution in [-0.4, -0.2) is 47.6 Å². The second-order valence-corrected chi connectivity index (χ2v) is 7.46. The van der Waals surface area contributed by atoms with E-state index in [9.17, 15) is 0 Å². The molecule has 0 aliphatic heterocycles. The molecule has 1 aromatic carbocycles. The summed E-state index contributed by atoms with van der Waals surface area (Å²) in [6, 6.07) is 14.8. The lowest BCUT2D eigenvalue weighted by Gasteiger charge is -2.21. The third-order valence-corrected chi connectivity index (χ3v) is 5.41. The summed E-state index contributed by atoms with van der Waals surface area (Å²) in [5.74, 6) is 2.01. The van der Waals surface area contributed by atoms with Crippen molar-refractivity contribution in [1.29, 1.82) is 0 Å². The van der Waals surface area contributed by atoms with E-state index in [1.165, 1.54) is 10.4 Å². The summed E-state index contributed by atoms with van der Waals surface area (Å²) in [5.41, 5.74) is 1.29. The van der Waals surface area contributed by atoms with E-state index in [4.69, 9.17) is 0 Å². The van der Waals surface area contributed by atoms with Crippen molar-refractivity contribution in [3.63, 3.8) is 0 Å². The highest BCUT2D eigenvalue weighted by Gasteiger charge is 2.08. The average molecular weight is 509 g/mol. The van der Waals surface area contributed by atoms with E-state index in [0.29, 0.717) is 0 Å². The zero-order valence-corrected chi connectivity index (χ0v) is 19.6. The molecule has 0 bridgehead atoms. The molecule has 2 aromatic heterocycles. The van der Waals surface area contributed by atoms with Crippen LogP contribution in [0.1, 0.15) is 16.3 Å². The average Bonchev–Trinajstić information content (AvgIpc) is 3.36. The fourth-order valence-electron chi connectivity index (χ4n) is 3.00. The quantitative estimate of drug-likeness (QED) is 0.285. The first-order valence-electron chi connectivity index (χ1n) is 9.24. The van der Waals surface area contributed by atoms with Crippen LogP contribution in [0.25, 0.3) is 0 Å². The minimum absolute atomic E-state index is 0. The van der Waals surface area contributed by atoms with Crippen LogP contribution in [0.2, 0.25) is 0 Å². The van der Waals surface area contributed by atoms with Crippen LogP contribution in [-0.2, 0) is 19.4 Å². The number of hydrogen-bond donors (Lipinski definition) is 1. The highest BCUT2D eigenvalue weighted by molar-refractivity contribution is 14.0. The summed E-state index contributed by atoms with van der Waals surface area (Å²) in [4.78, 5) is 12.5. The van der Waals surface area contributed by atoms with E-state index in [1.807, 2.05) is 25.5 Å². The number of nitrogens with zero attached hydrogens (tertiary/aromatic N) is 4. The Labute approximate surface area is 188 Å². The van der Waals surface area contributed by atoms with Crippen LogP contribution in [0.15, 0.2) is 65.2 Å². The summed E-state index contributed by atoms with van der Waals surface area (Å²) in [7, 11) is 3.92. The topological polar surface area (TPSA) is 45.5 Å². The zero-order valence-electron chi connectivity index (χ0n) is 16.4. The van der Waals surface area contributed by atoms with Crippen LogP contribution < -0.4 is 5.32 Å². The summed E-state index contributed by atoms with van der Waals surface area (Å²) >= 11 is 1.80. The molecule has 28 heavy (non-hydrogen) atoms. The predicted octanol–water partition coefficient (Wildman–Crippen LogP) is 3.90. The Morgan fingerprint density at radius 1 is 1.18 bits per heavy atom. The number of benzene rings is 1. The van der Waals surface area contributed by atoms with Crippen molar-refractivity contribution in [1.82, 2.24) is 19.8 Å². The second-order valence-electron chi connectivity index (χ2n) is 6.43. The number of aromatic nitrogens is 2. The Kier molecular flexibility index (Phi) is 9.49. The van der Waals surface area contributed by atoms with Crippen molar-refractivity contribution in [2.75, 3.05) is 27.2 Å². The van der Waals surface area contributed by atoms with Crippen LogP contribution >= 0.6 is 35.3 Å². The number of likely N-dealkylation sites (N-methyl/N-ethyl adjacent to an activating group) is 1. The maximum atomic E-state index is 4.52. The molecular formula is C21H28IN5S. The van der Waals surface area contributed by atoms with E-state index < -0.39 is 0 Å². The van der Waals surface area contributed by atoms with Gasteiger partial charge in [-0.05, 0) is 23.4 Å². The zero-order chi connectivity index (χ0) is 18.9. The molecule has 1 N–H and O–H groups in total. The molecule has 5 nitrogen and oxygen atoms in total. The Bertz CT molecular complexity index is 830. The van der Waals surface area contributed by atoms with Gasteiger partial charge in [0.1, 0.15) is 5.82 Å². The number of guanidine groups is 1. The highest BCUT2D eigenvalue weighted by atomic mass is 127. The lowest BCUT2D eigenvalue weighted by atomic mass is 10.2. The molecule has 2 heterocycles. The van der Waals surface area contributed by atoms with Crippen molar-refractivity contribution in [2.24, 2.45) is 4.99 Å². The van der Waals surface area contributed by atoms with E-state index in [2.05, 4.69) is 73.6 Å². The molecule has 0 saturated carbocycles. The van der Waals surface area contributed by atoms with Gasteiger partial charge >= 0.3 is 0 Å². The number of hydrogen-bond acceptors (Lipinski definition) is 3. The first kappa shape index (κ1) is 22.4. The Morgan fingerprint density at radius 3 is 2.71 bits per heavy atom. The number of nitrogens with one attached hydrogen (secondary N) is 1. The summed E-state index contributed by atoms with van der Waals surface area (Å²) in [6.45, 7) is 2.61. The largest absolute Gasteiger partial charge is 0.356 e. The lowest BCUT2D eigenvalue weighted by molar-refractivity contribution is 0.486. The molecule has 0 aliphatic rings. The van der Waals surface area contributed by atoms with E-state index in [-0.39, 0.29) is 24.0 Å². The summed E-state index contributed by atoms with van der Waals surface area (Å²) < 4.78 is 2.21. The Hall–Kier alpha value is -1.87. The van der Waals surface area contributed by atoms with Gasteiger partial charge in [-0.2, -0.15) is 0 Å². The maximum absolute atomic E-state index is 4.52. The van der Waals surface area contributed by atoms with Gasteiger partial charge in [0.15, 0.2) is 5.96 Å². The van der Waals surface area contributed by atoms with Crippen LogP contribution in [0.4, 0.5) is 0 Å². The molecule has 0 saturated heterocycles. The van der Waals surface area contributed by atoms with Crippen molar-refractivity contribution >= 4 is 41.3 Å². The standard InChI is InChI=1S/C21H27N5S.HI/c1-22-21(25(2)14-11-19-9-6-16-27-19)24-12-10-20-23-13-15-26(20)17-18-7-4-3-5-8-18;/h3-9,13,15-16H,10-12,14,17H2,1-2H3,(H,22,24);1H. The molecular weight excluding hydrogens is 481 g/mol. The van der Waals surface area contributed by atoms with Crippen LogP contribution in [0.3, 0.4) is 0 Å². The first-order valence-corrected chi connectivity index (χ1v) is 10.1. The smallest absolute Gasteiger partial charge is 0.193 e. The van der Waals surface area contributed by atoms with Gasteiger partial charge in [-0.15, -0.1) is 35.3 Å². The van der Waals surface area contributed by atoms with Crippen molar-refractivity contribution < 1.29 is 0 Å². The van der Waals surface area contributed by atoms with Crippen LogP contribution in [0, 0.1) is 0 Å². The van der Waals surface area contributed by atoms with Gasteiger partial charge in [0.05, 0.1) is 0 Å². The van der Waals surface area contributed by atoms with E-state index in [1.54, 1.807) is 11.3 Å². The third kappa shape index (κ3) is 6.63.